The molecule has 1 saturated heterocycles. The van der Waals surface area contributed by atoms with Crippen LogP contribution in [0.2, 0.25) is 0 Å². The molecular weight excluding hydrogens is 424 g/mol. The fraction of sp³-hybridized carbons (Fsp3) is 0.217. The highest BCUT2D eigenvalue weighted by Crippen LogP contribution is 2.22. The number of benzene rings is 2. The number of aromatic amines is 1. The van der Waals surface area contributed by atoms with Crippen LogP contribution in [0.4, 0.5) is 11.4 Å². The Hall–Kier alpha value is -3.59. The van der Waals surface area contributed by atoms with Crippen molar-refractivity contribution in [2.24, 2.45) is 0 Å². The first-order valence-corrected chi connectivity index (χ1v) is 11.5. The van der Waals surface area contributed by atoms with Gasteiger partial charge in [-0.2, -0.15) is 5.10 Å². The molecule has 2 aromatic heterocycles. The van der Waals surface area contributed by atoms with E-state index in [0.29, 0.717) is 16.2 Å². The van der Waals surface area contributed by atoms with Gasteiger partial charge in [-0.25, -0.2) is 9.67 Å². The number of carbonyl (C=O) groups is 1. The molecule has 4 aromatic rings. The number of aromatic nitrogens is 4. The number of carbonyl (C=O) groups excluding carboxylic acids is 1. The number of fused-ring (bicyclic) bond motifs is 1. The molecule has 1 aliphatic rings. The highest BCUT2D eigenvalue weighted by atomic mass is 32.2. The number of hydrogen-bond acceptors (Lipinski definition) is 6. The van der Waals surface area contributed by atoms with Crippen molar-refractivity contribution in [3.05, 3.63) is 71.1 Å². The van der Waals surface area contributed by atoms with Crippen molar-refractivity contribution in [2.75, 3.05) is 29.1 Å². The molecule has 0 saturated carbocycles. The van der Waals surface area contributed by atoms with Crippen LogP contribution in [0.3, 0.4) is 0 Å². The van der Waals surface area contributed by atoms with E-state index in [0.717, 1.165) is 24.5 Å². The summed E-state index contributed by atoms with van der Waals surface area (Å²) in [5.41, 5.74) is 2.92. The predicted octanol–water partition coefficient (Wildman–Crippen LogP) is 3.44. The second-order valence-electron chi connectivity index (χ2n) is 7.58. The third-order valence-electron chi connectivity index (χ3n) is 5.38. The molecule has 1 amide bonds. The number of nitrogens with zero attached hydrogens (tertiary/aromatic N) is 4. The van der Waals surface area contributed by atoms with Gasteiger partial charge in [0.05, 0.1) is 17.6 Å². The number of thioether (sulfide) groups is 1. The van der Waals surface area contributed by atoms with Crippen LogP contribution < -0.4 is 15.8 Å². The summed E-state index contributed by atoms with van der Waals surface area (Å²) >= 11 is 1.18. The van der Waals surface area contributed by atoms with E-state index in [1.54, 1.807) is 4.68 Å². The Morgan fingerprint density at radius 1 is 1.03 bits per heavy atom. The van der Waals surface area contributed by atoms with Gasteiger partial charge in [0.1, 0.15) is 5.39 Å². The van der Waals surface area contributed by atoms with Gasteiger partial charge in [0.15, 0.2) is 10.8 Å². The average molecular weight is 447 g/mol. The monoisotopic (exact) mass is 446 g/mol. The Morgan fingerprint density at radius 3 is 2.53 bits per heavy atom. The Balaban J connectivity index is 1.26. The lowest BCUT2D eigenvalue weighted by Crippen LogP contribution is -2.18. The van der Waals surface area contributed by atoms with Crippen LogP contribution in [-0.2, 0) is 4.79 Å². The topological polar surface area (TPSA) is 95.9 Å². The zero-order valence-electron chi connectivity index (χ0n) is 17.3. The van der Waals surface area contributed by atoms with Gasteiger partial charge in [-0.3, -0.25) is 9.59 Å². The lowest BCUT2D eigenvalue weighted by molar-refractivity contribution is -0.113. The third kappa shape index (κ3) is 4.24. The van der Waals surface area contributed by atoms with Crippen LogP contribution in [0, 0.1) is 0 Å². The largest absolute Gasteiger partial charge is 0.372 e. The first kappa shape index (κ1) is 20.3. The summed E-state index contributed by atoms with van der Waals surface area (Å²) in [6, 6.07) is 17.4. The highest BCUT2D eigenvalue weighted by Gasteiger charge is 2.14. The highest BCUT2D eigenvalue weighted by molar-refractivity contribution is 7.99. The fourth-order valence-electron chi connectivity index (χ4n) is 3.79. The molecule has 0 bridgehead atoms. The molecular formula is C23H22N6O2S. The maximum absolute atomic E-state index is 12.5. The van der Waals surface area contributed by atoms with Gasteiger partial charge in [0.2, 0.25) is 5.91 Å². The molecule has 162 valence electrons. The van der Waals surface area contributed by atoms with Crippen LogP contribution in [0.25, 0.3) is 16.7 Å². The lowest BCUT2D eigenvalue weighted by Gasteiger charge is -2.17. The van der Waals surface area contributed by atoms with E-state index in [9.17, 15) is 9.59 Å². The van der Waals surface area contributed by atoms with Crippen LogP contribution in [0.15, 0.2) is 70.7 Å². The van der Waals surface area contributed by atoms with Gasteiger partial charge in [0, 0.05) is 24.5 Å². The molecule has 3 heterocycles. The number of hydrogen-bond donors (Lipinski definition) is 2. The molecule has 5 rings (SSSR count). The summed E-state index contributed by atoms with van der Waals surface area (Å²) < 4.78 is 1.62. The summed E-state index contributed by atoms with van der Waals surface area (Å²) in [6.07, 6.45) is 3.95. The summed E-state index contributed by atoms with van der Waals surface area (Å²) in [7, 11) is 0. The Kier molecular flexibility index (Phi) is 5.64. The maximum atomic E-state index is 12.5. The van der Waals surface area contributed by atoms with Gasteiger partial charge >= 0.3 is 0 Å². The van der Waals surface area contributed by atoms with Crippen molar-refractivity contribution in [1.82, 2.24) is 19.7 Å². The van der Waals surface area contributed by atoms with E-state index in [2.05, 4.69) is 25.3 Å². The minimum absolute atomic E-state index is 0.127. The number of anilines is 2. The zero-order valence-corrected chi connectivity index (χ0v) is 18.1. The second kappa shape index (κ2) is 8.88. The number of amides is 1. The summed E-state index contributed by atoms with van der Waals surface area (Å²) in [5.74, 6) is -0.0369. The van der Waals surface area contributed by atoms with Gasteiger partial charge in [-0.05, 0) is 49.2 Å². The van der Waals surface area contributed by atoms with E-state index in [1.807, 2.05) is 54.6 Å². The Bertz CT molecular complexity index is 1290. The number of rotatable bonds is 6. The van der Waals surface area contributed by atoms with Crippen molar-refractivity contribution >= 4 is 40.1 Å². The van der Waals surface area contributed by atoms with E-state index < -0.39 is 0 Å². The van der Waals surface area contributed by atoms with Crippen molar-refractivity contribution in [3.8, 4) is 5.69 Å². The predicted molar refractivity (Wildman–Crippen MR) is 127 cm³/mol. The molecule has 8 nitrogen and oxygen atoms in total. The SMILES string of the molecule is O=C(CSc1nc2c(cnn2-c2ccccc2)c(=O)[nH]1)Nc1ccc(N2CCCC2)cc1. The Labute approximate surface area is 188 Å². The van der Waals surface area contributed by atoms with Crippen molar-refractivity contribution < 1.29 is 4.79 Å². The fourth-order valence-corrected chi connectivity index (χ4v) is 4.44. The summed E-state index contributed by atoms with van der Waals surface area (Å²) in [4.78, 5) is 34.5. The van der Waals surface area contributed by atoms with E-state index in [1.165, 1.54) is 36.5 Å². The number of nitrogens with one attached hydrogen (secondary N) is 2. The molecule has 2 N–H and O–H groups in total. The summed E-state index contributed by atoms with van der Waals surface area (Å²) in [5, 5.41) is 7.97. The van der Waals surface area contributed by atoms with Crippen molar-refractivity contribution in [1.29, 1.82) is 0 Å². The van der Waals surface area contributed by atoms with Gasteiger partial charge < -0.3 is 15.2 Å². The molecule has 9 heteroatoms. The van der Waals surface area contributed by atoms with E-state index >= 15 is 0 Å². The molecule has 0 atom stereocenters. The number of para-hydroxylation sites is 1. The molecule has 0 spiro atoms. The van der Waals surface area contributed by atoms with E-state index in [4.69, 9.17) is 0 Å². The first-order valence-electron chi connectivity index (χ1n) is 10.5. The lowest BCUT2D eigenvalue weighted by atomic mass is 10.2. The normalized spacial score (nSPS) is 13.6. The van der Waals surface area contributed by atoms with Crippen LogP contribution >= 0.6 is 11.8 Å². The van der Waals surface area contributed by atoms with Gasteiger partial charge in [0.25, 0.3) is 5.56 Å². The molecule has 2 aromatic carbocycles. The first-order chi connectivity index (χ1) is 15.7. The molecule has 32 heavy (non-hydrogen) atoms. The van der Waals surface area contributed by atoms with Crippen LogP contribution in [-0.4, -0.2) is 44.5 Å². The standard InChI is InChI=1S/C23H22N6O2S/c30-20(25-16-8-10-17(11-9-16)28-12-4-5-13-28)15-32-23-26-21-19(22(31)27-23)14-24-29(21)18-6-2-1-3-7-18/h1-3,6-11,14H,4-5,12-13,15H2,(H,25,30)(H,26,27,31). The third-order valence-corrected chi connectivity index (χ3v) is 6.25. The molecule has 0 unspecified atom stereocenters. The van der Waals surface area contributed by atoms with Gasteiger partial charge in [-0.15, -0.1) is 0 Å². The number of H-pyrrole nitrogens is 1. The molecule has 1 fully saturated rings. The quantitative estimate of drug-likeness (QED) is 0.348. The minimum atomic E-state index is -0.280. The molecule has 0 aliphatic carbocycles. The summed E-state index contributed by atoms with van der Waals surface area (Å²) in [6.45, 7) is 2.17. The van der Waals surface area contributed by atoms with E-state index in [-0.39, 0.29) is 17.2 Å². The smallest absolute Gasteiger partial charge is 0.262 e. The molecule has 1 aliphatic heterocycles. The Morgan fingerprint density at radius 2 is 1.78 bits per heavy atom. The maximum Gasteiger partial charge on any atom is 0.262 e. The van der Waals surface area contributed by atoms with Crippen molar-refractivity contribution in [3.63, 3.8) is 0 Å². The average Bonchev–Trinajstić information content (AvgIpc) is 3.50. The van der Waals surface area contributed by atoms with Crippen LogP contribution in [0.5, 0.6) is 0 Å². The van der Waals surface area contributed by atoms with Crippen molar-refractivity contribution in [2.45, 2.75) is 18.0 Å². The molecule has 0 radical (unpaired) electrons. The minimum Gasteiger partial charge on any atom is -0.372 e. The second-order valence-corrected chi connectivity index (χ2v) is 8.54. The van der Waals surface area contributed by atoms with Gasteiger partial charge in [-0.1, -0.05) is 30.0 Å². The zero-order chi connectivity index (χ0) is 21.9. The van der Waals surface area contributed by atoms with Crippen LogP contribution in [0.1, 0.15) is 12.8 Å².